The lowest BCUT2D eigenvalue weighted by Gasteiger charge is -2.07. The molecular formula is C6H11N3. The van der Waals surface area contributed by atoms with Gasteiger partial charge >= 0.3 is 0 Å². The van der Waals surface area contributed by atoms with Crippen molar-refractivity contribution in [2.75, 3.05) is 0 Å². The second-order valence-electron chi connectivity index (χ2n) is 2.12. The number of hydrogen-bond donors (Lipinski definition) is 1. The summed E-state index contributed by atoms with van der Waals surface area (Å²) in [5.74, 6) is 0.963. The van der Waals surface area contributed by atoms with E-state index < -0.39 is 0 Å². The van der Waals surface area contributed by atoms with E-state index in [4.69, 9.17) is 5.73 Å². The SMILES string of the molecule is Cc1nccn1C(C)N. The molecule has 0 amide bonds. The maximum atomic E-state index is 5.58. The van der Waals surface area contributed by atoms with Crippen molar-refractivity contribution >= 4 is 0 Å². The van der Waals surface area contributed by atoms with Gasteiger partial charge in [0.2, 0.25) is 0 Å². The van der Waals surface area contributed by atoms with Gasteiger partial charge in [-0.2, -0.15) is 0 Å². The minimum absolute atomic E-state index is 0.0347. The van der Waals surface area contributed by atoms with Gasteiger partial charge in [0.15, 0.2) is 0 Å². The van der Waals surface area contributed by atoms with E-state index in [0.29, 0.717) is 0 Å². The van der Waals surface area contributed by atoms with E-state index in [-0.39, 0.29) is 6.17 Å². The highest BCUT2D eigenvalue weighted by Crippen LogP contribution is 2.00. The van der Waals surface area contributed by atoms with Crippen molar-refractivity contribution in [3.8, 4) is 0 Å². The second-order valence-corrected chi connectivity index (χ2v) is 2.12. The molecule has 0 fully saturated rings. The maximum absolute atomic E-state index is 5.58. The topological polar surface area (TPSA) is 43.8 Å². The lowest BCUT2D eigenvalue weighted by atomic mass is 10.5. The molecule has 3 nitrogen and oxygen atoms in total. The second kappa shape index (κ2) is 2.19. The first-order valence-corrected chi connectivity index (χ1v) is 2.97. The first kappa shape index (κ1) is 6.29. The van der Waals surface area contributed by atoms with Crippen molar-refractivity contribution < 1.29 is 0 Å². The Morgan fingerprint density at radius 2 is 2.44 bits per heavy atom. The molecule has 0 aromatic carbocycles. The molecule has 0 spiro atoms. The van der Waals surface area contributed by atoms with Gasteiger partial charge in [0.25, 0.3) is 0 Å². The zero-order valence-corrected chi connectivity index (χ0v) is 5.70. The van der Waals surface area contributed by atoms with E-state index in [1.54, 1.807) is 6.20 Å². The van der Waals surface area contributed by atoms with Gasteiger partial charge in [-0.05, 0) is 13.8 Å². The molecule has 0 saturated heterocycles. The van der Waals surface area contributed by atoms with Crippen LogP contribution in [0.5, 0.6) is 0 Å². The van der Waals surface area contributed by atoms with Gasteiger partial charge in [0, 0.05) is 12.4 Å². The zero-order valence-electron chi connectivity index (χ0n) is 5.70. The first-order chi connectivity index (χ1) is 4.22. The van der Waals surface area contributed by atoms with Gasteiger partial charge in [-0.3, -0.25) is 0 Å². The fourth-order valence-electron chi connectivity index (χ4n) is 0.818. The van der Waals surface area contributed by atoms with Crippen LogP contribution in [-0.4, -0.2) is 9.55 Å². The molecule has 0 aliphatic carbocycles. The van der Waals surface area contributed by atoms with Crippen LogP contribution in [0, 0.1) is 6.92 Å². The molecule has 1 atom stereocenters. The Morgan fingerprint density at radius 1 is 1.78 bits per heavy atom. The van der Waals surface area contributed by atoms with Gasteiger partial charge in [-0.1, -0.05) is 0 Å². The highest BCUT2D eigenvalue weighted by Gasteiger charge is 1.98. The van der Waals surface area contributed by atoms with Crippen LogP contribution >= 0.6 is 0 Å². The molecule has 1 aromatic rings. The van der Waals surface area contributed by atoms with E-state index in [0.717, 1.165) is 5.82 Å². The lowest BCUT2D eigenvalue weighted by molar-refractivity contribution is 0.556. The van der Waals surface area contributed by atoms with Crippen LogP contribution in [0.15, 0.2) is 12.4 Å². The number of aromatic nitrogens is 2. The van der Waals surface area contributed by atoms with E-state index >= 15 is 0 Å². The lowest BCUT2D eigenvalue weighted by Crippen LogP contribution is -2.14. The van der Waals surface area contributed by atoms with Crippen LogP contribution in [0.4, 0.5) is 0 Å². The zero-order chi connectivity index (χ0) is 6.85. The Balaban J connectivity index is 2.94. The van der Waals surface area contributed by atoms with Gasteiger partial charge in [-0.25, -0.2) is 4.98 Å². The van der Waals surface area contributed by atoms with Crippen molar-refractivity contribution in [2.45, 2.75) is 20.0 Å². The Kier molecular flexibility index (Phi) is 1.53. The van der Waals surface area contributed by atoms with Crippen molar-refractivity contribution in [3.05, 3.63) is 18.2 Å². The van der Waals surface area contributed by atoms with Crippen molar-refractivity contribution in [3.63, 3.8) is 0 Å². The predicted molar refractivity (Wildman–Crippen MR) is 35.9 cm³/mol. The van der Waals surface area contributed by atoms with Crippen LogP contribution in [0.2, 0.25) is 0 Å². The number of nitrogens with zero attached hydrogens (tertiary/aromatic N) is 2. The van der Waals surface area contributed by atoms with Crippen molar-refractivity contribution in [1.82, 2.24) is 9.55 Å². The molecule has 1 heterocycles. The minimum Gasteiger partial charge on any atom is -0.320 e. The molecule has 3 heteroatoms. The molecule has 1 aromatic heterocycles. The molecule has 0 saturated carbocycles. The minimum atomic E-state index is 0.0347. The number of imidazole rings is 1. The largest absolute Gasteiger partial charge is 0.320 e. The summed E-state index contributed by atoms with van der Waals surface area (Å²) in [5, 5.41) is 0. The third-order valence-electron chi connectivity index (χ3n) is 1.30. The quantitative estimate of drug-likeness (QED) is 0.599. The molecular weight excluding hydrogens is 114 g/mol. The molecule has 0 aliphatic heterocycles. The summed E-state index contributed by atoms with van der Waals surface area (Å²) in [6.07, 6.45) is 3.66. The number of rotatable bonds is 1. The monoisotopic (exact) mass is 125 g/mol. The van der Waals surface area contributed by atoms with Gasteiger partial charge in [0.1, 0.15) is 5.82 Å². The third kappa shape index (κ3) is 1.10. The smallest absolute Gasteiger partial charge is 0.106 e. The molecule has 1 unspecified atom stereocenters. The molecule has 1 rings (SSSR count). The van der Waals surface area contributed by atoms with Crippen LogP contribution in [0.3, 0.4) is 0 Å². The number of hydrogen-bond acceptors (Lipinski definition) is 2. The normalized spacial score (nSPS) is 13.7. The standard InChI is InChI=1S/C6H11N3/c1-5(7)9-4-3-8-6(9)2/h3-5H,7H2,1-2H3. The summed E-state index contributed by atoms with van der Waals surface area (Å²) in [5.41, 5.74) is 5.58. The molecule has 2 N–H and O–H groups in total. The van der Waals surface area contributed by atoms with Crippen LogP contribution < -0.4 is 5.73 Å². The highest BCUT2D eigenvalue weighted by molar-refractivity contribution is 4.89. The fourth-order valence-corrected chi connectivity index (χ4v) is 0.818. The van der Waals surface area contributed by atoms with E-state index in [2.05, 4.69) is 4.98 Å². The Morgan fingerprint density at radius 3 is 2.67 bits per heavy atom. The summed E-state index contributed by atoms with van der Waals surface area (Å²) >= 11 is 0. The van der Waals surface area contributed by atoms with Crippen LogP contribution in [0.1, 0.15) is 18.9 Å². The molecule has 9 heavy (non-hydrogen) atoms. The predicted octanol–water partition coefficient (Wildman–Crippen LogP) is 0.669. The average molecular weight is 125 g/mol. The maximum Gasteiger partial charge on any atom is 0.106 e. The van der Waals surface area contributed by atoms with Gasteiger partial charge in [0.05, 0.1) is 6.17 Å². The van der Waals surface area contributed by atoms with E-state index in [1.165, 1.54) is 0 Å². The summed E-state index contributed by atoms with van der Waals surface area (Å²) in [4.78, 5) is 4.02. The first-order valence-electron chi connectivity index (χ1n) is 2.97. The Labute approximate surface area is 54.5 Å². The number of nitrogens with two attached hydrogens (primary N) is 1. The van der Waals surface area contributed by atoms with Gasteiger partial charge in [-0.15, -0.1) is 0 Å². The summed E-state index contributed by atoms with van der Waals surface area (Å²) in [7, 11) is 0. The average Bonchev–Trinajstić information content (AvgIpc) is 2.13. The van der Waals surface area contributed by atoms with Crippen molar-refractivity contribution in [1.29, 1.82) is 0 Å². The van der Waals surface area contributed by atoms with E-state index in [1.807, 2.05) is 24.6 Å². The van der Waals surface area contributed by atoms with Crippen molar-refractivity contribution in [2.24, 2.45) is 5.73 Å². The van der Waals surface area contributed by atoms with E-state index in [9.17, 15) is 0 Å². The third-order valence-corrected chi connectivity index (χ3v) is 1.30. The molecule has 0 radical (unpaired) electrons. The summed E-state index contributed by atoms with van der Waals surface area (Å²) in [6.45, 7) is 3.86. The molecule has 0 aliphatic rings. The molecule has 0 bridgehead atoms. The van der Waals surface area contributed by atoms with Crippen LogP contribution in [-0.2, 0) is 0 Å². The Hall–Kier alpha value is -0.830. The Bertz CT molecular complexity index is 190. The fraction of sp³-hybridized carbons (Fsp3) is 0.500. The van der Waals surface area contributed by atoms with Crippen LogP contribution in [0.25, 0.3) is 0 Å². The number of aryl methyl sites for hydroxylation is 1. The van der Waals surface area contributed by atoms with Gasteiger partial charge < -0.3 is 10.3 Å². The summed E-state index contributed by atoms with van der Waals surface area (Å²) in [6, 6.07) is 0. The molecule has 50 valence electrons. The summed E-state index contributed by atoms with van der Waals surface area (Å²) < 4.78 is 1.92. The highest BCUT2D eigenvalue weighted by atomic mass is 15.1.